The van der Waals surface area contributed by atoms with Crippen molar-refractivity contribution in [1.29, 1.82) is 5.26 Å². The van der Waals surface area contributed by atoms with Gasteiger partial charge in [-0.15, -0.1) is 0 Å². The van der Waals surface area contributed by atoms with Crippen LogP contribution in [0, 0.1) is 17.2 Å². The number of halogens is 1. The quantitative estimate of drug-likeness (QED) is 0.687. The number of hydrogen-bond acceptors (Lipinski definition) is 5. The van der Waals surface area contributed by atoms with E-state index in [-0.39, 0.29) is 18.4 Å². The van der Waals surface area contributed by atoms with Gasteiger partial charge in [0.05, 0.1) is 40.4 Å². The highest BCUT2D eigenvalue weighted by Crippen LogP contribution is 2.30. The van der Waals surface area contributed by atoms with Crippen LogP contribution in [0.25, 0.3) is 11.0 Å². The van der Waals surface area contributed by atoms with Crippen LogP contribution in [0.1, 0.15) is 19.8 Å². The van der Waals surface area contributed by atoms with Gasteiger partial charge in [0, 0.05) is 26.3 Å². The lowest BCUT2D eigenvalue weighted by Gasteiger charge is -2.42. The molecule has 3 rings (SSSR count). The van der Waals surface area contributed by atoms with Gasteiger partial charge in [-0.2, -0.15) is 5.26 Å². The molecule has 0 aliphatic carbocycles. The predicted octanol–water partition coefficient (Wildman–Crippen LogP) is 2.22. The number of carbonyl (C=O) groups is 1. The molecule has 3 heterocycles. The third-order valence-electron chi connectivity index (χ3n) is 4.75. The first kappa shape index (κ1) is 17.0. The predicted molar refractivity (Wildman–Crippen MR) is 99.7 cm³/mol. The van der Waals surface area contributed by atoms with Gasteiger partial charge in [-0.25, -0.2) is 9.97 Å². The number of rotatable bonds is 3. The number of likely N-dealkylation sites (N-methyl/N-ethyl adjacent to an activating group) is 1. The fourth-order valence-corrected chi connectivity index (χ4v) is 3.85. The highest BCUT2D eigenvalue weighted by Gasteiger charge is 2.32. The van der Waals surface area contributed by atoms with Crippen LogP contribution in [-0.2, 0) is 4.79 Å². The molecule has 1 aliphatic heterocycles. The summed E-state index contributed by atoms with van der Waals surface area (Å²) in [6, 6.07) is 4.13. The molecule has 1 aliphatic rings. The minimum atomic E-state index is -0.0888. The highest BCUT2D eigenvalue weighted by atomic mass is 127. The number of nitriles is 1. The van der Waals surface area contributed by atoms with Crippen molar-refractivity contribution in [3.8, 4) is 6.07 Å². The van der Waals surface area contributed by atoms with Crippen LogP contribution in [0.2, 0.25) is 0 Å². The minimum Gasteiger partial charge on any atom is -0.354 e. The summed E-state index contributed by atoms with van der Waals surface area (Å²) in [5, 5.41) is 9.77. The fourth-order valence-electron chi connectivity index (χ4n) is 3.30. The summed E-state index contributed by atoms with van der Waals surface area (Å²) < 4.78 is 1.94. The summed E-state index contributed by atoms with van der Waals surface area (Å²) >= 11 is 2.20. The smallest absolute Gasteiger partial charge is 0.236 e. The highest BCUT2D eigenvalue weighted by molar-refractivity contribution is 14.1. The molecule has 0 aromatic carbocycles. The molecule has 0 saturated carbocycles. The Morgan fingerprint density at radius 3 is 3.08 bits per heavy atom. The second-order valence-electron chi connectivity index (χ2n) is 6.18. The van der Waals surface area contributed by atoms with Crippen LogP contribution < -0.4 is 4.90 Å². The van der Waals surface area contributed by atoms with Crippen molar-refractivity contribution in [2.45, 2.75) is 25.8 Å². The molecule has 0 unspecified atom stereocenters. The normalized spacial score (nSPS) is 20.8. The molecule has 2 aromatic heterocycles. The Morgan fingerprint density at radius 1 is 1.54 bits per heavy atom. The molecule has 126 valence electrons. The topological polar surface area (TPSA) is 78.1 Å². The van der Waals surface area contributed by atoms with Crippen molar-refractivity contribution in [2.24, 2.45) is 5.92 Å². The Kier molecular flexibility index (Phi) is 4.89. The van der Waals surface area contributed by atoms with E-state index < -0.39 is 0 Å². The minimum absolute atomic E-state index is 0.0553. The third kappa shape index (κ3) is 3.05. The van der Waals surface area contributed by atoms with Crippen LogP contribution in [0.15, 0.2) is 18.6 Å². The van der Waals surface area contributed by atoms with E-state index in [9.17, 15) is 4.79 Å². The second-order valence-corrected chi connectivity index (χ2v) is 7.22. The van der Waals surface area contributed by atoms with E-state index in [2.05, 4.69) is 44.7 Å². The van der Waals surface area contributed by atoms with E-state index in [1.165, 1.54) is 0 Å². The van der Waals surface area contributed by atoms with Crippen LogP contribution in [0.3, 0.4) is 0 Å². The number of hydrogen-bond donors (Lipinski definition) is 0. The molecule has 1 fully saturated rings. The first-order valence-electron chi connectivity index (χ1n) is 7.88. The van der Waals surface area contributed by atoms with Crippen LogP contribution in [0.4, 0.5) is 5.82 Å². The number of amides is 1. The fraction of sp³-hybridized carbons (Fsp3) is 0.500. The maximum absolute atomic E-state index is 12.1. The largest absolute Gasteiger partial charge is 0.354 e. The number of anilines is 1. The van der Waals surface area contributed by atoms with Gasteiger partial charge in [0.1, 0.15) is 18.6 Å². The SMILES string of the molecule is C[C@@H]1CCN(C(=O)CC#N)C[C@@H]1N(C)c1ncnc2c1ccn2I. The summed E-state index contributed by atoms with van der Waals surface area (Å²) in [5.41, 5.74) is 0.883. The zero-order chi connectivity index (χ0) is 17.3. The van der Waals surface area contributed by atoms with Crippen LogP contribution >= 0.6 is 22.9 Å². The van der Waals surface area contributed by atoms with E-state index in [1.807, 2.05) is 28.2 Å². The number of fused-ring (bicyclic) bond motifs is 1. The second kappa shape index (κ2) is 6.93. The zero-order valence-corrected chi connectivity index (χ0v) is 15.8. The summed E-state index contributed by atoms with van der Waals surface area (Å²) in [6.45, 7) is 3.54. The lowest BCUT2D eigenvalue weighted by molar-refractivity contribution is -0.131. The molecule has 0 bridgehead atoms. The van der Waals surface area contributed by atoms with Crippen molar-refractivity contribution in [3.05, 3.63) is 18.6 Å². The van der Waals surface area contributed by atoms with E-state index in [0.717, 1.165) is 29.8 Å². The molecule has 2 aromatic rings. The van der Waals surface area contributed by atoms with Crippen molar-refractivity contribution in [2.75, 3.05) is 25.0 Å². The van der Waals surface area contributed by atoms with Crippen molar-refractivity contribution in [3.63, 3.8) is 0 Å². The molecule has 1 saturated heterocycles. The maximum Gasteiger partial charge on any atom is 0.236 e. The van der Waals surface area contributed by atoms with Gasteiger partial charge in [-0.1, -0.05) is 6.92 Å². The van der Waals surface area contributed by atoms with Gasteiger partial charge in [0.2, 0.25) is 5.91 Å². The van der Waals surface area contributed by atoms with E-state index in [4.69, 9.17) is 5.26 Å². The number of likely N-dealkylation sites (tertiary alicyclic amines) is 1. The Bertz CT molecular complexity index is 797. The average molecular weight is 438 g/mol. The first-order chi connectivity index (χ1) is 11.5. The lowest BCUT2D eigenvalue weighted by atomic mass is 9.92. The van der Waals surface area contributed by atoms with Gasteiger partial charge in [0.15, 0.2) is 5.65 Å². The van der Waals surface area contributed by atoms with E-state index in [1.54, 1.807) is 11.2 Å². The summed E-state index contributed by atoms with van der Waals surface area (Å²) in [5.74, 6) is 1.23. The van der Waals surface area contributed by atoms with E-state index >= 15 is 0 Å². The monoisotopic (exact) mass is 438 g/mol. The summed E-state index contributed by atoms with van der Waals surface area (Å²) in [4.78, 5) is 24.8. The standard InChI is InChI=1S/C16H19IN6O/c1-11-4-7-22(14(24)3-6-18)9-13(11)21(2)15-12-5-8-23(17)16(12)20-10-19-15/h5,8,10-11,13H,3-4,7,9H2,1-2H3/t11-,13+/m1/s1. The molecule has 2 atom stereocenters. The Labute approximate surface area is 154 Å². The molecular formula is C16H19IN6O. The van der Waals surface area contributed by atoms with Crippen molar-refractivity contribution < 1.29 is 4.79 Å². The van der Waals surface area contributed by atoms with Gasteiger partial charge < -0.3 is 9.80 Å². The van der Waals surface area contributed by atoms with Crippen molar-refractivity contribution in [1.82, 2.24) is 17.6 Å². The third-order valence-corrected chi connectivity index (χ3v) is 5.53. The molecule has 0 radical (unpaired) electrons. The van der Waals surface area contributed by atoms with Gasteiger partial charge in [-0.3, -0.25) is 7.58 Å². The molecular weight excluding hydrogens is 419 g/mol. The van der Waals surface area contributed by atoms with E-state index in [0.29, 0.717) is 12.5 Å². The Balaban J connectivity index is 1.88. The van der Waals surface area contributed by atoms with Gasteiger partial charge >= 0.3 is 0 Å². The maximum atomic E-state index is 12.1. The first-order valence-corrected chi connectivity index (χ1v) is 8.85. The molecule has 0 spiro atoms. The van der Waals surface area contributed by atoms with Gasteiger partial charge in [0.25, 0.3) is 0 Å². The van der Waals surface area contributed by atoms with Crippen LogP contribution in [-0.4, -0.2) is 49.7 Å². The Morgan fingerprint density at radius 2 is 2.33 bits per heavy atom. The molecule has 0 N–H and O–H groups in total. The number of aromatic nitrogens is 3. The van der Waals surface area contributed by atoms with Gasteiger partial charge in [-0.05, 0) is 18.4 Å². The average Bonchev–Trinajstić information content (AvgIpc) is 2.96. The molecule has 24 heavy (non-hydrogen) atoms. The Hall–Kier alpha value is -1.89. The zero-order valence-electron chi connectivity index (χ0n) is 13.7. The lowest BCUT2D eigenvalue weighted by Crippen LogP contribution is -2.52. The molecule has 8 heteroatoms. The van der Waals surface area contributed by atoms with Crippen molar-refractivity contribution >= 4 is 45.6 Å². The number of carbonyl (C=O) groups excluding carboxylic acids is 1. The number of piperidine rings is 1. The van der Waals surface area contributed by atoms with Crippen LogP contribution in [0.5, 0.6) is 0 Å². The summed E-state index contributed by atoms with van der Waals surface area (Å²) in [7, 11) is 2.02. The molecule has 7 nitrogen and oxygen atoms in total. The molecule has 1 amide bonds. The number of nitrogens with zero attached hydrogens (tertiary/aromatic N) is 6. The summed E-state index contributed by atoms with van der Waals surface area (Å²) in [6.07, 6.45) is 4.41.